The maximum atomic E-state index is 13.3. The first-order chi connectivity index (χ1) is 17.1. The van der Waals surface area contributed by atoms with E-state index in [1.807, 2.05) is 29.3 Å². The van der Waals surface area contributed by atoms with E-state index in [-0.39, 0.29) is 12.1 Å². The van der Waals surface area contributed by atoms with Crippen LogP contribution in [-0.2, 0) is 6.54 Å². The number of hydrogen-bond donors (Lipinski definition) is 2. The Morgan fingerprint density at radius 1 is 1.20 bits per heavy atom. The van der Waals surface area contributed by atoms with Crippen LogP contribution in [0, 0.1) is 6.57 Å². The van der Waals surface area contributed by atoms with E-state index >= 15 is 0 Å². The van der Waals surface area contributed by atoms with Crippen molar-refractivity contribution in [3.63, 3.8) is 0 Å². The lowest BCUT2D eigenvalue weighted by Gasteiger charge is -2.35. The topological polar surface area (TPSA) is 91.8 Å². The summed E-state index contributed by atoms with van der Waals surface area (Å²) in [7, 11) is 0. The Morgan fingerprint density at radius 3 is 2.94 bits per heavy atom. The highest BCUT2D eigenvalue weighted by atomic mass is 79.9. The van der Waals surface area contributed by atoms with E-state index < -0.39 is 0 Å². The van der Waals surface area contributed by atoms with E-state index in [1.54, 1.807) is 41.2 Å². The second kappa shape index (κ2) is 10.1. The van der Waals surface area contributed by atoms with Crippen LogP contribution in [0.2, 0.25) is 0 Å². The van der Waals surface area contributed by atoms with Crippen molar-refractivity contribution in [2.75, 3.05) is 17.2 Å². The summed E-state index contributed by atoms with van der Waals surface area (Å²) in [6, 6.07) is 12.5. The Labute approximate surface area is 211 Å². The Kier molecular flexibility index (Phi) is 6.59. The highest BCUT2D eigenvalue weighted by Crippen LogP contribution is 2.33. The predicted octanol–water partition coefficient (Wildman–Crippen LogP) is 5.81. The number of anilines is 2. The van der Waals surface area contributed by atoms with E-state index in [2.05, 4.69) is 41.5 Å². The fourth-order valence-electron chi connectivity index (χ4n) is 4.28. The molecule has 0 saturated carbocycles. The largest absolute Gasteiger partial charge is 0.366 e. The van der Waals surface area contributed by atoms with Gasteiger partial charge in [-0.05, 0) is 59.0 Å². The van der Waals surface area contributed by atoms with Crippen LogP contribution in [0.5, 0.6) is 0 Å². The van der Waals surface area contributed by atoms with Crippen molar-refractivity contribution < 1.29 is 4.79 Å². The van der Waals surface area contributed by atoms with E-state index in [4.69, 9.17) is 11.6 Å². The van der Waals surface area contributed by atoms with Gasteiger partial charge in [0.05, 0.1) is 29.0 Å². The second-order valence-corrected chi connectivity index (χ2v) is 9.16. The normalized spacial score (nSPS) is 15.5. The Balaban J connectivity index is 1.44. The number of likely N-dealkylation sites (tertiary alicyclic amines) is 1. The summed E-state index contributed by atoms with van der Waals surface area (Å²) in [5.41, 5.74) is 3.63. The molecule has 176 valence electrons. The maximum Gasteiger partial charge on any atom is 0.322 e. The van der Waals surface area contributed by atoms with Crippen LogP contribution in [0.3, 0.4) is 0 Å². The third-order valence-electron chi connectivity index (χ3n) is 5.98. The maximum absolute atomic E-state index is 13.3. The minimum atomic E-state index is -0.198. The molecule has 2 amide bonds. The molecule has 1 fully saturated rings. The van der Waals surface area contributed by atoms with Crippen molar-refractivity contribution in [1.82, 2.24) is 24.5 Å². The average Bonchev–Trinajstić information content (AvgIpc) is 3.28. The van der Waals surface area contributed by atoms with Gasteiger partial charge in [0, 0.05) is 37.2 Å². The summed E-state index contributed by atoms with van der Waals surface area (Å²) in [6.07, 6.45) is 8.03. The molecule has 3 aromatic heterocycles. The van der Waals surface area contributed by atoms with Crippen LogP contribution in [-0.4, -0.2) is 37.1 Å². The summed E-state index contributed by atoms with van der Waals surface area (Å²) in [5, 5.41) is 10.9. The third kappa shape index (κ3) is 4.95. The number of carbonyl (C=O) groups excluding carboxylic acids is 1. The molecule has 1 aromatic carbocycles. The van der Waals surface area contributed by atoms with Gasteiger partial charge in [-0.2, -0.15) is 9.61 Å². The van der Waals surface area contributed by atoms with Gasteiger partial charge in [-0.3, -0.25) is 4.98 Å². The number of benzene rings is 1. The first-order valence-corrected chi connectivity index (χ1v) is 12.1. The molecule has 1 aliphatic rings. The molecule has 1 aliphatic heterocycles. The van der Waals surface area contributed by atoms with Crippen LogP contribution in [0.15, 0.2) is 65.5 Å². The fourth-order valence-corrected chi connectivity index (χ4v) is 4.63. The quantitative estimate of drug-likeness (QED) is 0.317. The third-order valence-corrected chi connectivity index (χ3v) is 6.54. The van der Waals surface area contributed by atoms with Crippen LogP contribution < -0.4 is 10.6 Å². The standard InChI is InChI=1S/C25H23BrN8O/c1-27-18-7-4-8-19(12-18)31-25(35)33-11-3-2-9-22(33)21-13-23(29-15-17-6-5-10-28-14-17)34-24(32-21)20(26)16-30-34/h4-8,10,12-14,16,22,29H,2-3,9,11,15H2,(H,31,35). The zero-order valence-electron chi connectivity index (χ0n) is 18.9. The van der Waals surface area contributed by atoms with Crippen molar-refractivity contribution in [2.24, 2.45) is 0 Å². The monoisotopic (exact) mass is 530 g/mol. The number of pyridine rings is 1. The number of aromatic nitrogens is 4. The van der Waals surface area contributed by atoms with Gasteiger partial charge in [-0.1, -0.05) is 18.2 Å². The molecule has 0 aliphatic carbocycles. The van der Waals surface area contributed by atoms with Crippen molar-refractivity contribution in [3.8, 4) is 0 Å². The van der Waals surface area contributed by atoms with Crippen LogP contribution in [0.1, 0.15) is 36.6 Å². The summed E-state index contributed by atoms with van der Waals surface area (Å²) in [6.45, 7) is 8.42. The molecule has 4 aromatic rings. The number of nitrogens with zero attached hydrogens (tertiary/aromatic N) is 6. The predicted molar refractivity (Wildman–Crippen MR) is 137 cm³/mol. The number of piperidine rings is 1. The van der Waals surface area contributed by atoms with Gasteiger partial charge < -0.3 is 15.5 Å². The highest BCUT2D eigenvalue weighted by molar-refractivity contribution is 9.10. The summed E-state index contributed by atoms with van der Waals surface area (Å²) in [5.74, 6) is 0.787. The molecule has 35 heavy (non-hydrogen) atoms. The molecule has 0 spiro atoms. The van der Waals surface area contributed by atoms with Gasteiger partial charge in [0.25, 0.3) is 0 Å². The van der Waals surface area contributed by atoms with Gasteiger partial charge in [-0.25, -0.2) is 14.6 Å². The van der Waals surface area contributed by atoms with Crippen molar-refractivity contribution >= 4 is 44.8 Å². The molecule has 0 bridgehead atoms. The van der Waals surface area contributed by atoms with Crippen molar-refractivity contribution in [1.29, 1.82) is 0 Å². The average molecular weight is 531 g/mol. The highest BCUT2D eigenvalue weighted by Gasteiger charge is 2.30. The number of amides is 2. The fraction of sp³-hybridized carbons (Fsp3) is 0.240. The lowest BCUT2D eigenvalue weighted by molar-refractivity contribution is 0.161. The van der Waals surface area contributed by atoms with Gasteiger partial charge in [0.15, 0.2) is 11.3 Å². The second-order valence-electron chi connectivity index (χ2n) is 8.31. The molecule has 0 radical (unpaired) electrons. The van der Waals surface area contributed by atoms with E-state index in [0.29, 0.717) is 30.1 Å². The van der Waals surface area contributed by atoms with Crippen molar-refractivity contribution in [2.45, 2.75) is 31.8 Å². The zero-order chi connectivity index (χ0) is 24.2. The van der Waals surface area contributed by atoms with E-state index in [0.717, 1.165) is 40.8 Å². The van der Waals surface area contributed by atoms with E-state index in [1.165, 1.54) is 0 Å². The number of hydrogen-bond acceptors (Lipinski definition) is 5. The molecule has 1 saturated heterocycles. The number of fused-ring (bicyclic) bond motifs is 1. The number of carbonyl (C=O) groups is 1. The molecule has 1 atom stereocenters. The van der Waals surface area contributed by atoms with Gasteiger partial charge >= 0.3 is 6.03 Å². The molecule has 1 unspecified atom stereocenters. The number of urea groups is 1. The van der Waals surface area contributed by atoms with Gasteiger partial charge in [0.2, 0.25) is 0 Å². The molecule has 2 N–H and O–H groups in total. The van der Waals surface area contributed by atoms with Crippen LogP contribution in [0.4, 0.5) is 22.0 Å². The molecular weight excluding hydrogens is 508 g/mol. The number of nitrogens with one attached hydrogen (secondary N) is 2. The number of rotatable bonds is 5. The van der Waals surface area contributed by atoms with Crippen LogP contribution >= 0.6 is 15.9 Å². The van der Waals surface area contributed by atoms with Crippen LogP contribution in [0.25, 0.3) is 10.5 Å². The summed E-state index contributed by atoms with van der Waals surface area (Å²) >= 11 is 3.56. The lowest BCUT2D eigenvalue weighted by Crippen LogP contribution is -2.41. The Morgan fingerprint density at radius 2 is 2.11 bits per heavy atom. The molecule has 5 rings (SSSR count). The first kappa shape index (κ1) is 22.8. The first-order valence-electron chi connectivity index (χ1n) is 11.3. The SMILES string of the molecule is [C-]#[N+]c1cccc(NC(=O)N2CCCCC2c2cc(NCc3cccnc3)n3ncc(Br)c3n2)c1. The smallest absolute Gasteiger partial charge is 0.322 e. The van der Waals surface area contributed by atoms with E-state index in [9.17, 15) is 4.79 Å². The molecule has 10 heteroatoms. The van der Waals surface area contributed by atoms with Crippen molar-refractivity contribution in [3.05, 3.63) is 88.2 Å². The summed E-state index contributed by atoms with van der Waals surface area (Å²) in [4.78, 5) is 27.6. The minimum absolute atomic E-state index is 0.182. The number of halogens is 1. The lowest BCUT2D eigenvalue weighted by atomic mass is 9.99. The zero-order valence-corrected chi connectivity index (χ0v) is 20.4. The molecular formula is C25H23BrN8O. The minimum Gasteiger partial charge on any atom is -0.366 e. The molecule has 9 nitrogen and oxygen atoms in total. The summed E-state index contributed by atoms with van der Waals surface area (Å²) < 4.78 is 2.54. The van der Waals surface area contributed by atoms with Gasteiger partial charge in [0.1, 0.15) is 5.82 Å². The Hall–Kier alpha value is -3.97. The van der Waals surface area contributed by atoms with Gasteiger partial charge in [-0.15, -0.1) is 0 Å². The molecule has 4 heterocycles. The Bertz CT molecular complexity index is 1400.